The summed E-state index contributed by atoms with van der Waals surface area (Å²) in [6.45, 7) is 0.214. The molecule has 0 radical (unpaired) electrons. The second kappa shape index (κ2) is 7.70. The SMILES string of the molecule is O=C(OCc1ccccc1)C(=Cc1ccc(F)cc1)c1cccs1. The molecule has 0 atom stereocenters. The van der Waals surface area contributed by atoms with Gasteiger partial charge in [0.2, 0.25) is 0 Å². The van der Waals surface area contributed by atoms with Gasteiger partial charge in [-0.05, 0) is 40.8 Å². The van der Waals surface area contributed by atoms with Crippen LogP contribution in [0.15, 0.2) is 72.1 Å². The van der Waals surface area contributed by atoms with Crippen molar-refractivity contribution in [1.82, 2.24) is 0 Å². The van der Waals surface area contributed by atoms with Crippen molar-refractivity contribution in [3.8, 4) is 0 Å². The smallest absolute Gasteiger partial charge is 0.339 e. The molecule has 0 fully saturated rings. The summed E-state index contributed by atoms with van der Waals surface area (Å²) in [7, 11) is 0. The molecule has 2 nitrogen and oxygen atoms in total. The van der Waals surface area contributed by atoms with E-state index in [9.17, 15) is 9.18 Å². The third-order valence-corrected chi connectivity index (χ3v) is 4.30. The molecule has 0 amide bonds. The first-order valence-corrected chi connectivity index (χ1v) is 8.32. The Morgan fingerprint density at radius 1 is 1.00 bits per heavy atom. The van der Waals surface area contributed by atoms with Gasteiger partial charge in [-0.25, -0.2) is 9.18 Å². The number of thiophene rings is 1. The van der Waals surface area contributed by atoms with Crippen molar-refractivity contribution in [2.45, 2.75) is 6.61 Å². The quantitative estimate of drug-likeness (QED) is 0.474. The van der Waals surface area contributed by atoms with Crippen LogP contribution in [0.1, 0.15) is 16.0 Å². The molecule has 0 saturated carbocycles. The molecule has 24 heavy (non-hydrogen) atoms. The van der Waals surface area contributed by atoms with Crippen LogP contribution in [0.5, 0.6) is 0 Å². The predicted octanol–water partition coefficient (Wildman–Crippen LogP) is 5.17. The monoisotopic (exact) mass is 338 g/mol. The highest BCUT2D eigenvalue weighted by molar-refractivity contribution is 7.11. The molecule has 1 aromatic heterocycles. The molecule has 3 rings (SSSR count). The lowest BCUT2D eigenvalue weighted by atomic mass is 10.1. The van der Waals surface area contributed by atoms with Crippen molar-refractivity contribution < 1.29 is 13.9 Å². The zero-order valence-electron chi connectivity index (χ0n) is 12.8. The zero-order chi connectivity index (χ0) is 16.8. The fraction of sp³-hybridized carbons (Fsp3) is 0.0500. The van der Waals surface area contributed by atoms with Gasteiger partial charge in [0.1, 0.15) is 12.4 Å². The maximum atomic E-state index is 13.1. The first-order chi connectivity index (χ1) is 11.7. The van der Waals surface area contributed by atoms with Crippen molar-refractivity contribution in [3.05, 3.63) is 93.9 Å². The fourth-order valence-corrected chi connectivity index (χ4v) is 2.92. The first kappa shape index (κ1) is 16.1. The Balaban J connectivity index is 1.82. The van der Waals surface area contributed by atoms with Gasteiger partial charge in [0.15, 0.2) is 0 Å². The number of esters is 1. The van der Waals surface area contributed by atoms with Crippen molar-refractivity contribution in [2.24, 2.45) is 0 Å². The number of carbonyl (C=O) groups is 1. The number of hydrogen-bond donors (Lipinski definition) is 0. The van der Waals surface area contributed by atoms with Crippen molar-refractivity contribution in [3.63, 3.8) is 0 Å². The van der Waals surface area contributed by atoms with E-state index >= 15 is 0 Å². The van der Waals surface area contributed by atoms with Gasteiger partial charge in [0.25, 0.3) is 0 Å². The molecular formula is C20H15FO2S. The summed E-state index contributed by atoms with van der Waals surface area (Å²) >= 11 is 1.46. The van der Waals surface area contributed by atoms with E-state index in [0.29, 0.717) is 5.57 Å². The summed E-state index contributed by atoms with van der Waals surface area (Å²) in [5.74, 6) is -0.706. The Bertz CT molecular complexity index is 822. The number of benzene rings is 2. The van der Waals surface area contributed by atoms with E-state index in [1.165, 1.54) is 23.5 Å². The fourth-order valence-electron chi connectivity index (χ4n) is 2.19. The molecular weight excluding hydrogens is 323 g/mol. The van der Waals surface area contributed by atoms with E-state index in [0.717, 1.165) is 16.0 Å². The largest absolute Gasteiger partial charge is 0.457 e. The van der Waals surface area contributed by atoms with E-state index in [1.807, 2.05) is 47.8 Å². The Hall–Kier alpha value is -2.72. The second-order valence-corrected chi connectivity index (χ2v) is 6.10. The molecule has 0 aliphatic rings. The lowest BCUT2D eigenvalue weighted by Gasteiger charge is -2.08. The minimum Gasteiger partial charge on any atom is -0.457 e. The van der Waals surface area contributed by atoms with Crippen LogP contribution in [0.4, 0.5) is 4.39 Å². The Labute approximate surface area is 143 Å². The molecule has 2 aromatic carbocycles. The summed E-state index contributed by atoms with van der Waals surface area (Å²) in [5.41, 5.74) is 2.14. The van der Waals surface area contributed by atoms with Crippen molar-refractivity contribution in [1.29, 1.82) is 0 Å². The first-order valence-electron chi connectivity index (χ1n) is 7.44. The van der Waals surface area contributed by atoms with E-state index in [1.54, 1.807) is 18.2 Å². The van der Waals surface area contributed by atoms with Gasteiger partial charge in [-0.15, -0.1) is 11.3 Å². The van der Waals surface area contributed by atoms with Crippen LogP contribution < -0.4 is 0 Å². The van der Waals surface area contributed by atoms with Crippen LogP contribution in [0, 0.1) is 5.82 Å². The highest BCUT2D eigenvalue weighted by atomic mass is 32.1. The van der Waals surface area contributed by atoms with Crippen LogP contribution in [-0.2, 0) is 16.1 Å². The minimum absolute atomic E-state index is 0.214. The third-order valence-electron chi connectivity index (χ3n) is 3.40. The average molecular weight is 338 g/mol. The summed E-state index contributed by atoms with van der Waals surface area (Å²) in [5, 5.41) is 1.90. The van der Waals surface area contributed by atoms with Gasteiger partial charge in [-0.1, -0.05) is 48.5 Å². The van der Waals surface area contributed by atoms with E-state index in [2.05, 4.69) is 0 Å². The van der Waals surface area contributed by atoms with Crippen LogP contribution >= 0.6 is 11.3 Å². The van der Waals surface area contributed by atoms with E-state index in [4.69, 9.17) is 4.74 Å². The molecule has 0 aliphatic heterocycles. The molecule has 0 saturated heterocycles. The molecule has 120 valence electrons. The molecule has 0 spiro atoms. The Morgan fingerprint density at radius 2 is 1.75 bits per heavy atom. The van der Waals surface area contributed by atoms with Gasteiger partial charge in [-0.2, -0.15) is 0 Å². The van der Waals surface area contributed by atoms with Crippen LogP contribution in [-0.4, -0.2) is 5.97 Å². The summed E-state index contributed by atoms with van der Waals surface area (Å²) < 4.78 is 18.5. The molecule has 0 N–H and O–H groups in total. The number of hydrogen-bond acceptors (Lipinski definition) is 3. The highest BCUT2D eigenvalue weighted by Gasteiger charge is 2.15. The van der Waals surface area contributed by atoms with Crippen molar-refractivity contribution >= 4 is 29.0 Å². The molecule has 4 heteroatoms. The highest BCUT2D eigenvalue weighted by Crippen LogP contribution is 2.25. The summed E-state index contributed by atoms with van der Waals surface area (Å²) in [4.78, 5) is 13.3. The van der Waals surface area contributed by atoms with Gasteiger partial charge in [-0.3, -0.25) is 0 Å². The zero-order valence-corrected chi connectivity index (χ0v) is 13.6. The van der Waals surface area contributed by atoms with Gasteiger partial charge >= 0.3 is 5.97 Å². The lowest BCUT2D eigenvalue weighted by Crippen LogP contribution is -2.06. The number of ether oxygens (including phenoxy) is 1. The second-order valence-electron chi connectivity index (χ2n) is 5.15. The summed E-state index contributed by atoms with van der Waals surface area (Å²) in [6.07, 6.45) is 1.72. The van der Waals surface area contributed by atoms with E-state index in [-0.39, 0.29) is 12.4 Å². The molecule has 0 bridgehead atoms. The van der Waals surface area contributed by atoms with Crippen LogP contribution in [0.25, 0.3) is 11.6 Å². The number of carbonyl (C=O) groups excluding carboxylic acids is 1. The maximum Gasteiger partial charge on any atom is 0.339 e. The van der Waals surface area contributed by atoms with E-state index < -0.39 is 5.97 Å². The average Bonchev–Trinajstić information content (AvgIpc) is 3.14. The van der Waals surface area contributed by atoms with Gasteiger partial charge in [0.05, 0.1) is 5.57 Å². The third kappa shape index (κ3) is 4.18. The van der Waals surface area contributed by atoms with Gasteiger partial charge in [0, 0.05) is 4.88 Å². The van der Waals surface area contributed by atoms with Crippen molar-refractivity contribution in [2.75, 3.05) is 0 Å². The number of halogens is 1. The Morgan fingerprint density at radius 3 is 2.42 bits per heavy atom. The minimum atomic E-state index is -0.398. The molecule has 1 heterocycles. The van der Waals surface area contributed by atoms with Crippen LogP contribution in [0.2, 0.25) is 0 Å². The molecule has 0 unspecified atom stereocenters. The summed E-state index contributed by atoms with van der Waals surface area (Å²) in [6, 6.07) is 19.3. The lowest BCUT2D eigenvalue weighted by molar-refractivity contribution is -0.137. The standard InChI is InChI=1S/C20H15FO2S/c21-17-10-8-15(9-11-17)13-18(19-7-4-12-24-19)20(22)23-14-16-5-2-1-3-6-16/h1-13H,14H2. The normalized spacial score (nSPS) is 11.3. The molecule has 3 aromatic rings. The Kier molecular flexibility index (Phi) is 5.18. The maximum absolute atomic E-state index is 13.1. The van der Waals surface area contributed by atoms with Gasteiger partial charge < -0.3 is 4.74 Å². The topological polar surface area (TPSA) is 26.3 Å². The number of rotatable bonds is 5. The predicted molar refractivity (Wildman–Crippen MR) is 94.8 cm³/mol. The van der Waals surface area contributed by atoms with Crippen LogP contribution in [0.3, 0.4) is 0 Å². The molecule has 0 aliphatic carbocycles.